The third-order valence-corrected chi connectivity index (χ3v) is 4.24. The van der Waals surface area contributed by atoms with E-state index in [1.807, 2.05) is 0 Å². The lowest BCUT2D eigenvalue weighted by Crippen LogP contribution is -2.43. The fourth-order valence-corrected chi connectivity index (χ4v) is 2.91. The predicted octanol–water partition coefficient (Wildman–Crippen LogP) is 3.13. The van der Waals surface area contributed by atoms with Crippen LogP contribution in [-0.2, 0) is 6.42 Å². The Morgan fingerprint density at radius 3 is 2.75 bits per heavy atom. The number of aromatic nitrogens is 1. The summed E-state index contributed by atoms with van der Waals surface area (Å²) in [5.74, 6) is 1.08. The van der Waals surface area contributed by atoms with Crippen LogP contribution in [0.15, 0.2) is 39.9 Å². The molecule has 6 heteroatoms. The van der Waals surface area contributed by atoms with E-state index < -0.39 is 0 Å². The van der Waals surface area contributed by atoms with E-state index in [4.69, 9.17) is 4.42 Å². The first kappa shape index (κ1) is 16.5. The number of hydrogen-bond acceptors (Lipinski definition) is 3. The SMILES string of the molecule is CN=C(NCCc1coc(-c2ccc(F)cc2)n1)NC1CCCC1. The zero-order valence-corrected chi connectivity index (χ0v) is 13.9. The molecular weight excluding hydrogens is 307 g/mol. The second-order valence-corrected chi connectivity index (χ2v) is 6.03. The van der Waals surface area contributed by atoms with Gasteiger partial charge in [0.05, 0.1) is 5.69 Å². The van der Waals surface area contributed by atoms with Gasteiger partial charge in [-0.15, -0.1) is 0 Å². The molecule has 1 aromatic heterocycles. The van der Waals surface area contributed by atoms with Crippen LogP contribution in [0.5, 0.6) is 0 Å². The first-order valence-corrected chi connectivity index (χ1v) is 8.42. The quantitative estimate of drug-likeness (QED) is 0.653. The molecule has 0 atom stereocenters. The second-order valence-electron chi connectivity index (χ2n) is 6.03. The molecule has 1 heterocycles. The molecular formula is C18H23FN4O. The van der Waals surface area contributed by atoms with Crippen LogP contribution < -0.4 is 10.6 Å². The van der Waals surface area contributed by atoms with Gasteiger partial charge < -0.3 is 15.1 Å². The van der Waals surface area contributed by atoms with Crippen molar-refractivity contribution < 1.29 is 8.81 Å². The van der Waals surface area contributed by atoms with Gasteiger partial charge in [0.2, 0.25) is 5.89 Å². The summed E-state index contributed by atoms with van der Waals surface area (Å²) in [7, 11) is 1.78. The maximum Gasteiger partial charge on any atom is 0.226 e. The summed E-state index contributed by atoms with van der Waals surface area (Å²) >= 11 is 0. The number of benzene rings is 1. The van der Waals surface area contributed by atoms with Gasteiger partial charge in [-0.25, -0.2) is 9.37 Å². The molecule has 0 spiro atoms. The summed E-state index contributed by atoms with van der Waals surface area (Å²) in [4.78, 5) is 8.71. The van der Waals surface area contributed by atoms with Gasteiger partial charge in [-0.3, -0.25) is 4.99 Å². The Kier molecular flexibility index (Phi) is 5.46. The van der Waals surface area contributed by atoms with Crippen molar-refractivity contribution in [1.29, 1.82) is 0 Å². The van der Waals surface area contributed by atoms with Crippen LogP contribution >= 0.6 is 0 Å². The van der Waals surface area contributed by atoms with Gasteiger partial charge >= 0.3 is 0 Å². The molecule has 0 aliphatic heterocycles. The molecule has 5 nitrogen and oxygen atoms in total. The molecule has 0 saturated heterocycles. The maximum atomic E-state index is 13.0. The van der Waals surface area contributed by atoms with Crippen molar-refractivity contribution in [2.24, 2.45) is 4.99 Å². The zero-order valence-electron chi connectivity index (χ0n) is 13.9. The van der Waals surface area contributed by atoms with Crippen LogP contribution in [0, 0.1) is 5.82 Å². The van der Waals surface area contributed by atoms with Crippen molar-refractivity contribution in [3.05, 3.63) is 42.0 Å². The maximum absolute atomic E-state index is 13.0. The van der Waals surface area contributed by atoms with Gasteiger partial charge in [-0.1, -0.05) is 12.8 Å². The largest absolute Gasteiger partial charge is 0.444 e. The number of oxazole rings is 1. The molecule has 1 aromatic carbocycles. The summed E-state index contributed by atoms with van der Waals surface area (Å²) in [6, 6.07) is 6.67. The lowest BCUT2D eigenvalue weighted by Gasteiger charge is -2.16. The molecule has 0 bridgehead atoms. The van der Waals surface area contributed by atoms with Gasteiger partial charge in [0, 0.05) is 31.6 Å². The number of rotatable bonds is 5. The summed E-state index contributed by atoms with van der Waals surface area (Å²) in [6.45, 7) is 0.724. The molecule has 1 aliphatic carbocycles. The van der Waals surface area contributed by atoms with Crippen molar-refractivity contribution >= 4 is 5.96 Å². The van der Waals surface area contributed by atoms with Crippen LogP contribution in [-0.4, -0.2) is 30.6 Å². The van der Waals surface area contributed by atoms with E-state index >= 15 is 0 Å². The molecule has 1 aliphatic rings. The Morgan fingerprint density at radius 2 is 2.04 bits per heavy atom. The average molecular weight is 330 g/mol. The minimum absolute atomic E-state index is 0.268. The fourth-order valence-electron chi connectivity index (χ4n) is 2.91. The summed E-state index contributed by atoms with van der Waals surface area (Å²) in [5, 5.41) is 6.76. The monoisotopic (exact) mass is 330 g/mol. The standard InChI is InChI=1S/C18H23FN4O/c1-20-18(23-15-4-2-3-5-15)21-11-10-16-12-24-17(22-16)13-6-8-14(19)9-7-13/h6-9,12,15H,2-5,10-11H2,1H3,(H2,20,21,23). The topological polar surface area (TPSA) is 62.5 Å². The first-order chi connectivity index (χ1) is 11.7. The highest BCUT2D eigenvalue weighted by molar-refractivity contribution is 5.79. The number of aliphatic imine (C=N–C) groups is 1. The van der Waals surface area contributed by atoms with Crippen molar-refractivity contribution in [3.8, 4) is 11.5 Å². The zero-order chi connectivity index (χ0) is 16.8. The molecule has 0 radical (unpaired) electrons. The molecule has 24 heavy (non-hydrogen) atoms. The van der Waals surface area contributed by atoms with Gasteiger partial charge in [0.25, 0.3) is 0 Å². The van der Waals surface area contributed by atoms with Crippen LogP contribution in [0.1, 0.15) is 31.4 Å². The highest BCUT2D eigenvalue weighted by Gasteiger charge is 2.15. The van der Waals surface area contributed by atoms with Crippen LogP contribution in [0.2, 0.25) is 0 Å². The molecule has 128 valence electrons. The second kappa shape index (κ2) is 7.95. The summed E-state index contributed by atoms with van der Waals surface area (Å²) in [5.41, 5.74) is 1.63. The van der Waals surface area contributed by atoms with Gasteiger partial charge in [0.1, 0.15) is 12.1 Å². The highest BCUT2D eigenvalue weighted by Crippen LogP contribution is 2.19. The van der Waals surface area contributed by atoms with E-state index in [1.54, 1.807) is 25.4 Å². The minimum Gasteiger partial charge on any atom is -0.444 e. The summed E-state index contributed by atoms with van der Waals surface area (Å²) < 4.78 is 18.4. The number of hydrogen-bond donors (Lipinski definition) is 2. The number of nitrogens with one attached hydrogen (secondary N) is 2. The van der Waals surface area contributed by atoms with Crippen molar-refractivity contribution in [3.63, 3.8) is 0 Å². The molecule has 1 saturated carbocycles. The fraction of sp³-hybridized carbons (Fsp3) is 0.444. The summed E-state index contributed by atoms with van der Waals surface area (Å²) in [6.07, 6.45) is 7.39. The van der Waals surface area contributed by atoms with Crippen molar-refractivity contribution in [2.75, 3.05) is 13.6 Å². The van der Waals surface area contributed by atoms with E-state index in [1.165, 1.54) is 37.8 Å². The Labute approximate surface area is 141 Å². The molecule has 0 unspecified atom stereocenters. The molecule has 2 N–H and O–H groups in total. The van der Waals surface area contributed by atoms with E-state index in [2.05, 4.69) is 20.6 Å². The number of nitrogens with zero attached hydrogens (tertiary/aromatic N) is 2. The number of guanidine groups is 1. The molecule has 3 rings (SSSR count). The van der Waals surface area contributed by atoms with Crippen molar-refractivity contribution in [1.82, 2.24) is 15.6 Å². The average Bonchev–Trinajstić information content (AvgIpc) is 3.26. The smallest absolute Gasteiger partial charge is 0.226 e. The normalized spacial score (nSPS) is 15.7. The van der Waals surface area contributed by atoms with Crippen LogP contribution in [0.25, 0.3) is 11.5 Å². The lowest BCUT2D eigenvalue weighted by molar-refractivity contribution is 0.571. The molecule has 0 amide bonds. The van der Waals surface area contributed by atoms with E-state index in [9.17, 15) is 4.39 Å². The van der Waals surface area contributed by atoms with Gasteiger partial charge in [-0.2, -0.15) is 0 Å². The molecule has 1 fully saturated rings. The van der Waals surface area contributed by atoms with Crippen LogP contribution in [0.4, 0.5) is 4.39 Å². The Bertz CT molecular complexity index is 675. The molecule has 2 aromatic rings. The Morgan fingerprint density at radius 1 is 1.29 bits per heavy atom. The third kappa shape index (κ3) is 4.34. The third-order valence-electron chi connectivity index (χ3n) is 4.24. The Hall–Kier alpha value is -2.37. The predicted molar refractivity (Wildman–Crippen MR) is 92.4 cm³/mol. The highest BCUT2D eigenvalue weighted by atomic mass is 19.1. The van der Waals surface area contributed by atoms with E-state index in [0.29, 0.717) is 11.9 Å². The van der Waals surface area contributed by atoms with Gasteiger partial charge in [-0.05, 0) is 37.1 Å². The van der Waals surface area contributed by atoms with E-state index in [0.717, 1.165) is 30.2 Å². The lowest BCUT2D eigenvalue weighted by atomic mass is 10.2. The van der Waals surface area contributed by atoms with Gasteiger partial charge in [0.15, 0.2) is 5.96 Å². The number of halogens is 1. The van der Waals surface area contributed by atoms with Crippen molar-refractivity contribution in [2.45, 2.75) is 38.1 Å². The Balaban J connectivity index is 1.49. The van der Waals surface area contributed by atoms with E-state index in [-0.39, 0.29) is 5.82 Å². The van der Waals surface area contributed by atoms with Crippen LogP contribution in [0.3, 0.4) is 0 Å². The first-order valence-electron chi connectivity index (χ1n) is 8.42. The minimum atomic E-state index is -0.268.